The molecule has 9 heteroatoms. The Hall–Kier alpha value is -1.90. The van der Waals surface area contributed by atoms with Crippen LogP contribution in [0.15, 0.2) is 18.2 Å². The number of amides is 2. The van der Waals surface area contributed by atoms with Crippen molar-refractivity contribution in [3.05, 3.63) is 29.8 Å². The molecule has 1 atom stereocenters. The van der Waals surface area contributed by atoms with Gasteiger partial charge in [0, 0.05) is 12.1 Å². The Balaban J connectivity index is 1.66. The van der Waals surface area contributed by atoms with Gasteiger partial charge >= 0.3 is 6.03 Å². The van der Waals surface area contributed by atoms with Crippen molar-refractivity contribution in [2.24, 2.45) is 0 Å². The van der Waals surface area contributed by atoms with E-state index in [4.69, 9.17) is 4.74 Å². The zero-order chi connectivity index (χ0) is 16.2. The van der Waals surface area contributed by atoms with Crippen LogP contribution in [0.2, 0.25) is 0 Å². The zero-order valence-electron chi connectivity index (χ0n) is 11.6. The Morgan fingerprint density at radius 1 is 1.32 bits per heavy atom. The average Bonchev–Trinajstić information content (AvgIpc) is 2.78. The van der Waals surface area contributed by atoms with Gasteiger partial charge in [-0.05, 0) is 18.6 Å². The molecule has 6 nitrogen and oxygen atoms in total. The van der Waals surface area contributed by atoms with E-state index in [-0.39, 0.29) is 36.4 Å². The first-order chi connectivity index (χ1) is 10.4. The van der Waals surface area contributed by atoms with Crippen LogP contribution in [0.25, 0.3) is 0 Å². The van der Waals surface area contributed by atoms with Gasteiger partial charge in [0.05, 0.1) is 18.1 Å². The summed E-state index contributed by atoms with van der Waals surface area (Å²) in [6, 6.07) is 2.28. The number of carbonyl (C=O) groups excluding carboxylic acids is 1. The Morgan fingerprint density at radius 2 is 2.09 bits per heavy atom. The minimum Gasteiger partial charge on any atom is -0.492 e. The van der Waals surface area contributed by atoms with Crippen LogP contribution >= 0.6 is 0 Å². The summed E-state index contributed by atoms with van der Waals surface area (Å²) in [5, 5.41) is 5.05. The summed E-state index contributed by atoms with van der Waals surface area (Å²) in [4.78, 5) is 11.5. The van der Waals surface area contributed by atoms with Gasteiger partial charge in [-0.25, -0.2) is 22.0 Å². The standard InChI is InChI=1S/C13H16F2N2O4S/c14-11-2-1-10(7-12(11)15)21-5-4-16-13(18)17-9-3-6-22(19,20)8-9/h1-2,7,9H,3-6,8H2,(H2,16,17,18). The molecule has 1 aliphatic rings. The Bertz CT molecular complexity index is 651. The number of rotatable bonds is 5. The lowest BCUT2D eigenvalue weighted by molar-refractivity contribution is 0.233. The summed E-state index contributed by atoms with van der Waals surface area (Å²) in [6.07, 6.45) is 0.404. The molecule has 22 heavy (non-hydrogen) atoms. The summed E-state index contributed by atoms with van der Waals surface area (Å²) in [6.45, 7) is 0.214. The van der Waals surface area contributed by atoms with Crippen LogP contribution in [-0.2, 0) is 9.84 Å². The third-order valence-electron chi connectivity index (χ3n) is 3.12. The monoisotopic (exact) mass is 334 g/mol. The molecule has 0 bridgehead atoms. The van der Waals surface area contributed by atoms with Crippen LogP contribution in [-0.4, -0.2) is 45.1 Å². The molecule has 2 rings (SSSR count). The van der Waals surface area contributed by atoms with Gasteiger partial charge in [-0.2, -0.15) is 0 Å². The largest absolute Gasteiger partial charge is 0.492 e. The highest BCUT2D eigenvalue weighted by Gasteiger charge is 2.28. The molecule has 1 aromatic rings. The molecule has 0 aliphatic carbocycles. The van der Waals surface area contributed by atoms with Gasteiger partial charge in [0.2, 0.25) is 0 Å². The molecule has 2 N–H and O–H groups in total. The fourth-order valence-corrected chi connectivity index (χ4v) is 3.72. The van der Waals surface area contributed by atoms with Gasteiger partial charge < -0.3 is 15.4 Å². The average molecular weight is 334 g/mol. The first-order valence-corrected chi connectivity index (χ1v) is 8.50. The molecule has 1 fully saturated rings. The van der Waals surface area contributed by atoms with Crippen molar-refractivity contribution in [3.63, 3.8) is 0 Å². The molecule has 1 unspecified atom stereocenters. The molecule has 0 aromatic heterocycles. The van der Waals surface area contributed by atoms with Crippen LogP contribution in [0.3, 0.4) is 0 Å². The summed E-state index contributed by atoms with van der Waals surface area (Å²) in [5.74, 6) is -1.78. The second-order valence-corrected chi connectivity index (χ2v) is 7.15. The number of carbonyl (C=O) groups is 1. The van der Waals surface area contributed by atoms with Crippen molar-refractivity contribution in [2.45, 2.75) is 12.5 Å². The molecular formula is C13H16F2N2O4S. The first-order valence-electron chi connectivity index (χ1n) is 6.68. The second-order valence-electron chi connectivity index (χ2n) is 4.92. The van der Waals surface area contributed by atoms with Crippen molar-refractivity contribution in [3.8, 4) is 5.75 Å². The van der Waals surface area contributed by atoms with E-state index >= 15 is 0 Å². The molecule has 0 spiro atoms. The molecule has 0 saturated carbocycles. The predicted octanol–water partition coefficient (Wildman–Crippen LogP) is 0.830. The maximum absolute atomic E-state index is 12.9. The van der Waals surface area contributed by atoms with Crippen LogP contribution < -0.4 is 15.4 Å². The smallest absolute Gasteiger partial charge is 0.315 e. The van der Waals surface area contributed by atoms with E-state index in [0.717, 1.165) is 12.1 Å². The van der Waals surface area contributed by atoms with Crippen molar-refractivity contribution in [2.75, 3.05) is 24.7 Å². The highest BCUT2D eigenvalue weighted by molar-refractivity contribution is 7.91. The molecule has 1 aliphatic heterocycles. The van der Waals surface area contributed by atoms with Crippen LogP contribution in [0.1, 0.15) is 6.42 Å². The fourth-order valence-electron chi connectivity index (χ4n) is 2.05. The maximum Gasteiger partial charge on any atom is 0.315 e. The normalized spacial score (nSPS) is 19.6. The Morgan fingerprint density at radius 3 is 2.73 bits per heavy atom. The number of ether oxygens (including phenoxy) is 1. The van der Waals surface area contributed by atoms with Gasteiger partial charge in [0.15, 0.2) is 21.5 Å². The molecule has 1 aromatic carbocycles. The van der Waals surface area contributed by atoms with E-state index < -0.39 is 27.5 Å². The quantitative estimate of drug-likeness (QED) is 0.781. The van der Waals surface area contributed by atoms with E-state index in [1.54, 1.807) is 0 Å². The summed E-state index contributed by atoms with van der Waals surface area (Å²) in [5.41, 5.74) is 0. The number of sulfone groups is 1. The van der Waals surface area contributed by atoms with E-state index in [1.807, 2.05) is 0 Å². The minimum atomic E-state index is -3.04. The fraction of sp³-hybridized carbons (Fsp3) is 0.462. The van der Waals surface area contributed by atoms with E-state index in [2.05, 4.69) is 10.6 Å². The molecular weight excluding hydrogens is 318 g/mol. The summed E-state index contributed by atoms with van der Waals surface area (Å²) < 4.78 is 53.3. The van der Waals surface area contributed by atoms with E-state index in [9.17, 15) is 22.0 Å². The summed E-state index contributed by atoms with van der Waals surface area (Å²) >= 11 is 0. The number of urea groups is 1. The number of hydrogen-bond acceptors (Lipinski definition) is 4. The topological polar surface area (TPSA) is 84.5 Å². The van der Waals surface area contributed by atoms with Gasteiger partial charge in [-0.3, -0.25) is 0 Å². The maximum atomic E-state index is 12.9. The zero-order valence-corrected chi connectivity index (χ0v) is 12.5. The van der Waals surface area contributed by atoms with Crippen molar-refractivity contribution >= 4 is 15.9 Å². The lowest BCUT2D eigenvalue weighted by Gasteiger charge is -2.12. The SMILES string of the molecule is O=C(NCCOc1ccc(F)c(F)c1)NC1CCS(=O)(=O)C1. The van der Waals surface area contributed by atoms with Gasteiger partial charge in [-0.1, -0.05) is 0 Å². The minimum absolute atomic E-state index is 0.0498. The van der Waals surface area contributed by atoms with E-state index in [1.165, 1.54) is 6.07 Å². The van der Waals surface area contributed by atoms with Crippen molar-refractivity contribution in [1.29, 1.82) is 0 Å². The summed E-state index contributed by atoms with van der Waals surface area (Å²) in [7, 11) is -3.04. The molecule has 2 amide bonds. The van der Waals surface area contributed by atoms with Crippen LogP contribution in [0.5, 0.6) is 5.75 Å². The number of benzene rings is 1. The van der Waals surface area contributed by atoms with Crippen molar-refractivity contribution in [1.82, 2.24) is 10.6 Å². The predicted molar refractivity (Wildman–Crippen MR) is 75.4 cm³/mol. The third kappa shape index (κ3) is 4.83. The third-order valence-corrected chi connectivity index (χ3v) is 4.88. The Kier molecular flexibility index (Phi) is 5.17. The molecule has 122 valence electrons. The van der Waals surface area contributed by atoms with E-state index in [0.29, 0.717) is 6.42 Å². The van der Waals surface area contributed by atoms with Gasteiger partial charge in [0.1, 0.15) is 12.4 Å². The van der Waals surface area contributed by atoms with Gasteiger partial charge in [-0.15, -0.1) is 0 Å². The lowest BCUT2D eigenvalue weighted by atomic mass is 10.3. The Labute approximate surface area is 126 Å². The lowest BCUT2D eigenvalue weighted by Crippen LogP contribution is -2.43. The van der Waals surface area contributed by atoms with Crippen molar-refractivity contribution < 1.29 is 26.7 Å². The first kappa shape index (κ1) is 16.5. The number of nitrogens with one attached hydrogen (secondary N) is 2. The number of halogens is 2. The second kappa shape index (κ2) is 6.91. The van der Waals surface area contributed by atoms with Crippen LogP contribution in [0, 0.1) is 11.6 Å². The van der Waals surface area contributed by atoms with Gasteiger partial charge in [0.25, 0.3) is 0 Å². The number of hydrogen-bond donors (Lipinski definition) is 2. The molecule has 1 saturated heterocycles. The highest BCUT2D eigenvalue weighted by Crippen LogP contribution is 2.15. The highest BCUT2D eigenvalue weighted by atomic mass is 32.2. The van der Waals surface area contributed by atoms with Crippen LogP contribution in [0.4, 0.5) is 13.6 Å². The molecule has 1 heterocycles. The molecule has 0 radical (unpaired) electrons.